The molecule has 7 nitrogen and oxygen atoms in total. The van der Waals surface area contributed by atoms with Gasteiger partial charge in [0.1, 0.15) is 17.3 Å². The summed E-state index contributed by atoms with van der Waals surface area (Å²) in [5.74, 6) is 1.20. The predicted octanol–water partition coefficient (Wildman–Crippen LogP) is 2.84. The number of rotatable bonds is 6. The Kier molecular flexibility index (Phi) is 5.13. The Hall–Kier alpha value is -2.67. The maximum Gasteiger partial charge on any atom is 0.290 e. The van der Waals surface area contributed by atoms with Crippen LogP contribution in [0, 0.1) is 17.0 Å². The lowest BCUT2D eigenvalue weighted by atomic mass is 10.0. The van der Waals surface area contributed by atoms with Crippen molar-refractivity contribution in [1.82, 2.24) is 4.98 Å². The van der Waals surface area contributed by atoms with Crippen LogP contribution in [0.4, 0.5) is 11.5 Å². The van der Waals surface area contributed by atoms with Crippen molar-refractivity contribution in [2.75, 3.05) is 12.4 Å². The molecule has 0 aliphatic rings. The summed E-state index contributed by atoms with van der Waals surface area (Å²) < 4.78 is 5.09. The van der Waals surface area contributed by atoms with Gasteiger partial charge in [0, 0.05) is 6.07 Å². The molecule has 122 valence electrons. The first-order valence-corrected chi connectivity index (χ1v) is 7.13. The number of nitrogens with zero attached hydrogens (tertiary/aromatic N) is 2. The summed E-state index contributed by atoms with van der Waals surface area (Å²) in [6.45, 7) is 3.39. The Morgan fingerprint density at radius 3 is 2.43 bits per heavy atom. The van der Waals surface area contributed by atoms with Gasteiger partial charge < -0.3 is 15.2 Å². The number of aliphatic hydroxyl groups excluding tert-OH is 1. The molecular formula is C16H19N3O4. The van der Waals surface area contributed by atoms with E-state index in [2.05, 4.69) is 10.3 Å². The Morgan fingerprint density at radius 1 is 1.26 bits per heavy atom. The van der Waals surface area contributed by atoms with Crippen LogP contribution in [-0.2, 0) is 0 Å². The van der Waals surface area contributed by atoms with Gasteiger partial charge in [-0.1, -0.05) is 12.1 Å². The molecular weight excluding hydrogens is 298 g/mol. The van der Waals surface area contributed by atoms with Crippen molar-refractivity contribution in [3.63, 3.8) is 0 Å². The SMILES string of the molecule is COc1ccc([C@H](O)[C@H](C)Nc2ccc([N+](=O)[O-])c(C)n2)cc1. The second kappa shape index (κ2) is 7.06. The molecule has 2 atom stereocenters. The molecule has 2 N–H and O–H groups in total. The summed E-state index contributed by atoms with van der Waals surface area (Å²) in [7, 11) is 1.58. The van der Waals surface area contributed by atoms with Gasteiger partial charge in [-0.15, -0.1) is 0 Å². The lowest BCUT2D eigenvalue weighted by molar-refractivity contribution is -0.385. The predicted molar refractivity (Wildman–Crippen MR) is 86.7 cm³/mol. The van der Waals surface area contributed by atoms with Gasteiger partial charge in [0.2, 0.25) is 0 Å². The number of nitrogens with one attached hydrogen (secondary N) is 1. The van der Waals surface area contributed by atoms with Crippen molar-refractivity contribution >= 4 is 11.5 Å². The van der Waals surface area contributed by atoms with Crippen LogP contribution in [0.5, 0.6) is 5.75 Å². The number of methoxy groups -OCH3 is 1. The molecule has 0 aliphatic carbocycles. The number of nitro groups is 1. The molecule has 0 saturated heterocycles. The number of anilines is 1. The van der Waals surface area contributed by atoms with E-state index >= 15 is 0 Å². The van der Waals surface area contributed by atoms with Crippen molar-refractivity contribution in [2.24, 2.45) is 0 Å². The largest absolute Gasteiger partial charge is 0.497 e. The molecule has 0 unspecified atom stereocenters. The van der Waals surface area contributed by atoms with E-state index < -0.39 is 11.0 Å². The van der Waals surface area contributed by atoms with E-state index in [4.69, 9.17) is 4.74 Å². The van der Waals surface area contributed by atoms with Gasteiger partial charge in [0.15, 0.2) is 0 Å². The first kappa shape index (κ1) is 16.7. The van der Waals surface area contributed by atoms with Crippen LogP contribution >= 0.6 is 0 Å². The van der Waals surface area contributed by atoms with E-state index in [0.717, 1.165) is 5.56 Å². The zero-order valence-corrected chi connectivity index (χ0v) is 13.2. The van der Waals surface area contributed by atoms with E-state index in [1.165, 1.54) is 12.1 Å². The fourth-order valence-corrected chi connectivity index (χ4v) is 2.23. The highest BCUT2D eigenvalue weighted by Gasteiger charge is 2.18. The number of ether oxygens (including phenoxy) is 1. The van der Waals surface area contributed by atoms with Gasteiger partial charge in [-0.3, -0.25) is 10.1 Å². The zero-order chi connectivity index (χ0) is 17.0. The summed E-state index contributed by atoms with van der Waals surface area (Å²) >= 11 is 0. The van der Waals surface area contributed by atoms with E-state index in [9.17, 15) is 15.2 Å². The van der Waals surface area contributed by atoms with Gasteiger partial charge in [0.05, 0.1) is 24.2 Å². The zero-order valence-electron chi connectivity index (χ0n) is 13.2. The molecule has 1 aromatic carbocycles. The van der Waals surface area contributed by atoms with Crippen molar-refractivity contribution in [3.05, 3.63) is 57.8 Å². The average Bonchev–Trinajstić information content (AvgIpc) is 2.54. The van der Waals surface area contributed by atoms with Crippen LogP contribution in [0.2, 0.25) is 0 Å². The molecule has 2 aromatic rings. The van der Waals surface area contributed by atoms with Crippen LogP contribution in [0.1, 0.15) is 24.3 Å². The normalized spacial score (nSPS) is 13.2. The maximum atomic E-state index is 10.8. The molecule has 23 heavy (non-hydrogen) atoms. The van der Waals surface area contributed by atoms with E-state index in [1.807, 2.05) is 6.92 Å². The number of benzene rings is 1. The van der Waals surface area contributed by atoms with Gasteiger partial charge in [-0.25, -0.2) is 4.98 Å². The highest BCUT2D eigenvalue weighted by molar-refractivity contribution is 5.45. The van der Waals surface area contributed by atoms with Gasteiger partial charge in [0.25, 0.3) is 5.69 Å². The fourth-order valence-electron chi connectivity index (χ4n) is 2.23. The van der Waals surface area contributed by atoms with Crippen molar-refractivity contribution in [1.29, 1.82) is 0 Å². The van der Waals surface area contributed by atoms with Gasteiger partial charge in [-0.05, 0) is 37.6 Å². The topological polar surface area (TPSA) is 97.5 Å². The monoisotopic (exact) mass is 317 g/mol. The third-order valence-corrected chi connectivity index (χ3v) is 3.56. The minimum Gasteiger partial charge on any atom is -0.497 e. The second-order valence-electron chi connectivity index (χ2n) is 5.21. The number of hydrogen-bond acceptors (Lipinski definition) is 6. The Labute approximate surface area is 134 Å². The van der Waals surface area contributed by atoms with Crippen LogP contribution in [0.3, 0.4) is 0 Å². The van der Waals surface area contributed by atoms with Crippen molar-refractivity contribution in [2.45, 2.75) is 26.0 Å². The van der Waals surface area contributed by atoms with E-state index in [-0.39, 0.29) is 11.7 Å². The van der Waals surface area contributed by atoms with Crippen LogP contribution < -0.4 is 10.1 Å². The van der Waals surface area contributed by atoms with Gasteiger partial charge >= 0.3 is 0 Å². The first-order valence-electron chi connectivity index (χ1n) is 7.13. The third-order valence-electron chi connectivity index (χ3n) is 3.56. The molecule has 0 bridgehead atoms. The highest BCUT2D eigenvalue weighted by atomic mass is 16.6. The van der Waals surface area contributed by atoms with E-state index in [0.29, 0.717) is 17.3 Å². The van der Waals surface area contributed by atoms with Crippen molar-refractivity contribution < 1.29 is 14.8 Å². The second-order valence-corrected chi connectivity index (χ2v) is 5.21. The highest BCUT2D eigenvalue weighted by Crippen LogP contribution is 2.23. The van der Waals surface area contributed by atoms with E-state index in [1.54, 1.807) is 38.3 Å². The quantitative estimate of drug-likeness (QED) is 0.628. The molecule has 0 radical (unpaired) electrons. The summed E-state index contributed by atoms with van der Waals surface area (Å²) in [4.78, 5) is 14.5. The minimum absolute atomic E-state index is 0.0288. The first-order chi connectivity index (χ1) is 10.9. The molecule has 1 aromatic heterocycles. The Balaban J connectivity index is 2.09. The summed E-state index contributed by atoms with van der Waals surface area (Å²) in [5, 5.41) is 24.2. The molecule has 0 saturated carbocycles. The summed E-state index contributed by atoms with van der Waals surface area (Å²) in [5.41, 5.74) is 1.04. The number of aryl methyl sites for hydroxylation is 1. The Bertz CT molecular complexity index is 688. The molecule has 0 fully saturated rings. The van der Waals surface area contributed by atoms with Crippen LogP contribution in [0.25, 0.3) is 0 Å². The van der Waals surface area contributed by atoms with Crippen molar-refractivity contribution in [3.8, 4) is 5.75 Å². The molecule has 0 spiro atoms. The average molecular weight is 317 g/mol. The summed E-state index contributed by atoms with van der Waals surface area (Å²) in [6.07, 6.45) is -0.752. The number of pyridine rings is 1. The van der Waals surface area contributed by atoms with Crippen LogP contribution in [0.15, 0.2) is 36.4 Å². The Morgan fingerprint density at radius 2 is 1.91 bits per heavy atom. The smallest absolute Gasteiger partial charge is 0.290 e. The molecule has 0 amide bonds. The third kappa shape index (κ3) is 3.95. The molecule has 7 heteroatoms. The fraction of sp³-hybridized carbons (Fsp3) is 0.312. The lowest BCUT2D eigenvalue weighted by Crippen LogP contribution is -2.24. The van der Waals surface area contributed by atoms with Gasteiger partial charge in [-0.2, -0.15) is 0 Å². The number of aliphatic hydroxyl groups is 1. The molecule has 2 rings (SSSR count). The minimum atomic E-state index is -0.752. The standard InChI is InChI=1S/C16H19N3O4/c1-10-14(19(21)22)8-9-15(17-10)18-11(2)16(20)12-4-6-13(23-3)7-5-12/h4-9,11,16,20H,1-3H3,(H,17,18)/t11-,16+/m0/s1. The van der Waals surface area contributed by atoms with Crippen LogP contribution in [-0.4, -0.2) is 28.2 Å². The molecule has 0 aliphatic heterocycles. The maximum absolute atomic E-state index is 10.8. The molecule has 1 heterocycles. The number of hydrogen-bond donors (Lipinski definition) is 2. The summed E-state index contributed by atoms with van der Waals surface area (Å²) in [6, 6.07) is 9.74. The lowest BCUT2D eigenvalue weighted by Gasteiger charge is -2.21. The number of aromatic nitrogens is 1.